The standard InChI is InChI=1S/C19H28N2O/c1-14-5-3-4-6-16(14)17-13-18(17)19(22)21-11-8-15(9-12-21)7-10-20-2/h3-6,15,17-18,20H,7-13H2,1-2H3. The summed E-state index contributed by atoms with van der Waals surface area (Å²) in [7, 11) is 2.01. The molecule has 1 saturated carbocycles. The molecule has 2 atom stereocenters. The van der Waals surface area contributed by atoms with Gasteiger partial charge in [0.15, 0.2) is 0 Å². The van der Waals surface area contributed by atoms with E-state index in [1.165, 1.54) is 30.4 Å². The molecule has 1 aromatic rings. The average molecular weight is 300 g/mol. The molecule has 1 aliphatic heterocycles. The zero-order valence-electron chi connectivity index (χ0n) is 13.8. The maximum atomic E-state index is 12.7. The van der Waals surface area contributed by atoms with Crippen LogP contribution in [0.15, 0.2) is 24.3 Å². The van der Waals surface area contributed by atoms with Gasteiger partial charge in [0.25, 0.3) is 0 Å². The number of rotatable bonds is 5. The Morgan fingerprint density at radius 1 is 1.27 bits per heavy atom. The minimum Gasteiger partial charge on any atom is -0.342 e. The average Bonchev–Trinajstić information content (AvgIpc) is 3.33. The van der Waals surface area contributed by atoms with Gasteiger partial charge in [-0.15, -0.1) is 0 Å². The van der Waals surface area contributed by atoms with Crippen molar-refractivity contribution in [3.8, 4) is 0 Å². The molecule has 1 aliphatic carbocycles. The fourth-order valence-electron chi connectivity index (χ4n) is 3.84. The van der Waals surface area contributed by atoms with Gasteiger partial charge >= 0.3 is 0 Å². The van der Waals surface area contributed by atoms with Gasteiger partial charge in [-0.2, -0.15) is 0 Å². The second-order valence-corrected chi connectivity index (χ2v) is 6.97. The van der Waals surface area contributed by atoms with Crippen LogP contribution in [0.25, 0.3) is 0 Å². The summed E-state index contributed by atoms with van der Waals surface area (Å²) in [6.07, 6.45) is 4.64. The van der Waals surface area contributed by atoms with E-state index in [2.05, 4.69) is 41.4 Å². The maximum absolute atomic E-state index is 12.7. The molecule has 0 bridgehead atoms. The first-order valence-electron chi connectivity index (χ1n) is 8.69. The third-order valence-electron chi connectivity index (χ3n) is 5.42. The van der Waals surface area contributed by atoms with Crippen molar-refractivity contribution in [3.63, 3.8) is 0 Å². The monoisotopic (exact) mass is 300 g/mol. The molecule has 2 unspecified atom stereocenters. The number of benzene rings is 1. The molecule has 0 spiro atoms. The van der Waals surface area contributed by atoms with Gasteiger partial charge in [0.1, 0.15) is 0 Å². The molecule has 3 rings (SSSR count). The molecule has 3 nitrogen and oxygen atoms in total. The topological polar surface area (TPSA) is 32.3 Å². The quantitative estimate of drug-likeness (QED) is 0.907. The minimum atomic E-state index is 0.245. The number of nitrogens with zero attached hydrogens (tertiary/aromatic N) is 1. The summed E-state index contributed by atoms with van der Waals surface area (Å²) >= 11 is 0. The number of amides is 1. The van der Waals surface area contributed by atoms with Gasteiger partial charge in [-0.25, -0.2) is 0 Å². The first-order chi connectivity index (χ1) is 10.7. The lowest BCUT2D eigenvalue weighted by Crippen LogP contribution is -2.40. The Bertz CT molecular complexity index is 520. The summed E-state index contributed by atoms with van der Waals surface area (Å²) in [6, 6.07) is 8.52. The number of nitrogens with one attached hydrogen (secondary N) is 1. The number of piperidine rings is 1. The van der Waals surface area contributed by atoms with Gasteiger partial charge in [0, 0.05) is 19.0 Å². The summed E-state index contributed by atoms with van der Waals surface area (Å²) in [5.41, 5.74) is 2.71. The first kappa shape index (κ1) is 15.5. The predicted molar refractivity (Wildman–Crippen MR) is 89.9 cm³/mol. The fourth-order valence-corrected chi connectivity index (χ4v) is 3.84. The highest BCUT2D eigenvalue weighted by molar-refractivity contribution is 5.83. The summed E-state index contributed by atoms with van der Waals surface area (Å²) in [5, 5.41) is 3.23. The number of likely N-dealkylation sites (tertiary alicyclic amines) is 1. The second kappa shape index (κ2) is 6.82. The normalized spacial score (nSPS) is 25.3. The van der Waals surface area contributed by atoms with Crippen molar-refractivity contribution in [1.82, 2.24) is 10.2 Å². The van der Waals surface area contributed by atoms with E-state index >= 15 is 0 Å². The van der Waals surface area contributed by atoms with E-state index in [9.17, 15) is 4.79 Å². The summed E-state index contributed by atoms with van der Waals surface area (Å²) in [5.74, 6) is 1.91. The van der Waals surface area contributed by atoms with E-state index in [4.69, 9.17) is 0 Å². The van der Waals surface area contributed by atoms with Crippen LogP contribution in [0.1, 0.15) is 42.7 Å². The molecule has 1 N–H and O–H groups in total. The van der Waals surface area contributed by atoms with Crippen LogP contribution in [0.3, 0.4) is 0 Å². The summed E-state index contributed by atoms with van der Waals surface area (Å²) in [6.45, 7) is 5.17. The molecule has 0 radical (unpaired) electrons. The molecule has 22 heavy (non-hydrogen) atoms. The highest BCUT2D eigenvalue weighted by Crippen LogP contribution is 2.49. The van der Waals surface area contributed by atoms with Gasteiger partial charge < -0.3 is 10.2 Å². The van der Waals surface area contributed by atoms with Crippen molar-refractivity contribution in [2.75, 3.05) is 26.7 Å². The fraction of sp³-hybridized carbons (Fsp3) is 0.632. The van der Waals surface area contributed by atoms with Crippen LogP contribution in [0, 0.1) is 18.8 Å². The third-order valence-corrected chi connectivity index (χ3v) is 5.42. The van der Waals surface area contributed by atoms with Crippen molar-refractivity contribution in [3.05, 3.63) is 35.4 Å². The zero-order valence-corrected chi connectivity index (χ0v) is 13.8. The van der Waals surface area contributed by atoms with Crippen LogP contribution < -0.4 is 5.32 Å². The van der Waals surface area contributed by atoms with Crippen LogP contribution in [0.4, 0.5) is 0 Å². The summed E-state index contributed by atoms with van der Waals surface area (Å²) < 4.78 is 0. The smallest absolute Gasteiger partial charge is 0.226 e. The van der Waals surface area contributed by atoms with Gasteiger partial charge in [-0.1, -0.05) is 24.3 Å². The SMILES string of the molecule is CNCCC1CCN(C(=O)C2CC2c2ccccc2C)CC1. The molecule has 1 aromatic carbocycles. The van der Waals surface area contributed by atoms with Crippen LogP contribution in [0.2, 0.25) is 0 Å². The number of aryl methyl sites for hydroxylation is 1. The lowest BCUT2D eigenvalue weighted by molar-refractivity contribution is -0.134. The first-order valence-corrected chi connectivity index (χ1v) is 8.69. The minimum absolute atomic E-state index is 0.245. The molecule has 120 valence electrons. The summed E-state index contributed by atoms with van der Waals surface area (Å²) in [4.78, 5) is 14.8. The van der Waals surface area contributed by atoms with Crippen LogP contribution in [-0.4, -0.2) is 37.5 Å². The maximum Gasteiger partial charge on any atom is 0.226 e. The molecule has 2 fully saturated rings. The molecular weight excluding hydrogens is 272 g/mol. The van der Waals surface area contributed by atoms with Crippen molar-refractivity contribution < 1.29 is 4.79 Å². The number of hydrogen-bond acceptors (Lipinski definition) is 2. The van der Waals surface area contributed by atoms with E-state index in [1.54, 1.807) is 0 Å². The van der Waals surface area contributed by atoms with Crippen molar-refractivity contribution in [1.29, 1.82) is 0 Å². The highest BCUT2D eigenvalue weighted by atomic mass is 16.2. The Kier molecular flexibility index (Phi) is 4.82. The zero-order chi connectivity index (χ0) is 15.5. The Balaban J connectivity index is 1.51. The van der Waals surface area contributed by atoms with Gasteiger partial charge in [0.05, 0.1) is 0 Å². The molecule has 1 saturated heterocycles. The lowest BCUT2D eigenvalue weighted by atomic mass is 9.93. The number of carbonyl (C=O) groups is 1. The van der Waals surface area contributed by atoms with Gasteiger partial charge in [-0.05, 0) is 69.2 Å². The third kappa shape index (κ3) is 3.35. The van der Waals surface area contributed by atoms with Crippen molar-refractivity contribution >= 4 is 5.91 Å². The largest absolute Gasteiger partial charge is 0.342 e. The molecule has 1 amide bonds. The van der Waals surface area contributed by atoms with E-state index in [0.29, 0.717) is 11.8 Å². The van der Waals surface area contributed by atoms with E-state index in [-0.39, 0.29) is 5.92 Å². The molecule has 0 aromatic heterocycles. The molecule has 2 aliphatic rings. The van der Waals surface area contributed by atoms with Crippen LogP contribution in [-0.2, 0) is 4.79 Å². The van der Waals surface area contributed by atoms with E-state index in [0.717, 1.165) is 32.0 Å². The highest BCUT2D eigenvalue weighted by Gasteiger charge is 2.46. The van der Waals surface area contributed by atoms with Crippen LogP contribution >= 0.6 is 0 Å². The van der Waals surface area contributed by atoms with Gasteiger partial charge in [-0.3, -0.25) is 4.79 Å². The Labute approximate surface area is 134 Å². The molecular formula is C19H28N2O. The molecule has 3 heteroatoms. The Morgan fingerprint density at radius 3 is 2.68 bits per heavy atom. The second-order valence-electron chi connectivity index (χ2n) is 6.97. The van der Waals surface area contributed by atoms with Gasteiger partial charge in [0.2, 0.25) is 5.91 Å². The number of hydrogen-bond donors (Lipinski definition) is 1. The van der Waals surface area contributed by atoms with E-state index < -0.39 is 0 Å². The number of carbonyl (C=O) groups excluding carboxylic acids is 1. The molecule has 1 heterocycles. The van der Waals surface area contributed by atoms with Crippen molar-refractivity contribution in [2.45, 2.75) is 38.5 Å². The Hall–Kier alpha value is -1.35. The lowest BCUT2D eigenvalue weighted by Gasteiger charge is -2.32. The van der Waals surface area contributed by atoms with Crippen molar-refractivity contribution in [2.24, 2.45) is 11.8 Å². The van der Waals surface area contributed by atoms with E-state index in [1.807, 2.05) is 7.05 Å². The Morgan fingerprint density at radius 2 is 2.00 bits per heavy atom. The predicted octanol–water partition coefficient (Wildman–Crippen LogP) is 2.95. The van der Waals surface area contributed by atoms with Crippen LogP contribution in [0.5, 0.6) is 0 Å².